The minimum absolute atomic E-state index is 0.542. The third-order valence-corrected chi connectivity index (χ3v) is 2.64. The van der Waals surface area contributed by atoms with E-state index in [0.29, 0.717) is 17.1 Å². The molecule has 0 spiro atoms. The molecule has 0 fully saturated rings. The molecule has 4 nitrogen and oxygen atoms in total. The number of nitrogens with zero attached hydrogens (tertiary/aromatic N) is 2. The highest BCUT2D eigenvalue weighted by Gasteiger charge is 2.02. The summed E-state index contributed by atoms with van der Waals surface area (Å²) in [6, 6.07) is 7.21. The molecule has 1 aromatic carbocycles. The second-order valence-corrected chi connectivity index (χ2v) is 4.06. The lowest BCUT2D eigenvalue weighted by atomic mass is 10.2. The summed E-state index contributed by atoms with van der Waals surface area (Å²) in [4.78, 5) is 7.23. The van der Waals surface area contributed by atoms with E-state index in [2.05, 4.69) is 15.3 Å². The molecule has 1 aromatic heterocycles. The fourth-order valence-corrected chi connectivity index (χ4v) is 1.73. The number of aryl methyl sites for hydroxylation is 1. The number of rotatable bonds is 3. The zero-order chi connectivity index (χ0) is 12.3. The minimum atomic E-state index is 0.542. The van der Waals surface area contributed by atoms with Crippen LogP contribution < -0.4 is 5.32 Å². The first-order valence-electron chi connectivity index (χ1n) is 5.13. The summed E-state index contributed by atoms with van der Waals surface area (Å²) in [6.07, 6.45) is 1.78. The number of halogens is 1. The van der Waals surface area contributed by atoms with Crippen LogP contribution in [0.2, 0.25) is 5.02 Å². The molecular weight excluding hydrogens is 236 g/mol. The maximum atomic E-state index is 8.72. The van der Waals surface area contributed by atoms with Crippen molar-refractivity contribution in [3.8, 4) is 6.07 Å². The van der Waals surface area contributed by atoms with Gasteiger partial charge in [-0.2, -0.15) is 5.26 Å². The summed E-state index contributed by atoms with van der Waals surface area (Å²) in [5.74, 6) is 0.882. The Morgan fingerprint density at radius 2 is 2.35 bits per heavy atom. The number of nitriles is 1. The SMILES string of the molecule is Cc1ncc(CNc2ccc(C#N)cc2Cl)[nH]1. The molecule has 2 N–H and O–H groups in total. The molecule has 0 atom stereocenters. The lowest BCUT2D eigenvalue weighted by Crippen LogP contribution is -2.00. The third kappa shape index (κ3) is 2.77. The van der Waals surface area contributed by atoms with E-state index in [1.165, 1.54) is 0 Å². The van der Waals surface area contributed by atoms with Gasteiger partial charge in [-0.25, -0.2) is 4.98 Å². The van der Waals surface area contributed by atoms with E-state index >= 15 is 0 Å². The number of benzene rings is 1. The van der Waals surface area contributed by atoms with E-state index in [-0.39, 0.29) is 0 Å². The molecule has 17 heavy (non-hydrogen) atoms. The average Bonchev–Trinajstić information content (AvgIpc) is 2.73. The number of imidazole rings is 1. The third-order valence-electron chi connectivity index (χ3n) is 2.32. The van der Waals surface area contributed by atoms with Crippen molar-refractivity contribution in [1.82, 2.24) is 9.97 Å². The van der Waals surface area contributed by atoms with Crippen molar-refractivity contribution >= 4 is 17.3 Å². The predicted molar refractivity (Wildman–Crippen MR) is 66.8 cm³/mol. The molecule has 2 aromatic rings. The zero-order valence-electron chi connectivity index (χ0n) is 9.29. The Kier molecular flexibility index (Phi) is 3.31. The van der Waals surface area contributed by atoms with Crippen molar-refractivity contribution < 1.29 is 0 Å². The summed E-state index contributed by atoms with van der Waals surface area (Å²) in [7, 11) is 0. The molecule has 2 rings (SSSR count). The first-order valence-corrected chi connectivity index (χ1v) is 5.51. The highest BCUT2D eigenvalue weighted by Crippen LogP contribution is 2.23. The van der Waals surface area contributed by atoms with Crippen LogP contribution in [0.5, 0.6) is 0 Å². The fourth-order valence-electron chi connectivity index (χ4n) is 1.48. The normalized spacial score (nSPS) is 9.94. The van der Waals surface area contributed by atoms with Crippen LogP contribution >= 0.6 is 11.6 Å². The number of aromatic amines is 1. The van der Waals surface area contributed by atoms with Crippen LogP contribution in [0.3, 0.4) is 0 Å². The van der Waals surface area contributed by atoms with Gasteiger partial charge in [-0.15, -0.1) is 0 Å². The van der Waals surface area contributed by atoms with Crippen molar-refractivity contribution in [3.05, 3.63) is 46.5 Å². The van der Waals surface area contributed by atoms with E-state index in [4.69, 9.17) is 16.9 Å². The second kappa shape index (κ2) is 4.89. The van der Waals surface area contributed by atoms with E-state index in [1.54, 1.807) is 24.4 Å². The number of nitrogens with one attached hydrogen (secondary N) is 2. The van der Waals surface area contributed by atoms with Gasteiger partial charge in [0.1, 0.15) is 5.82 Å². The molecule has 0 saturated carbocycles. The smallest absolute Gasteiger partial charge is 0.103 e. The highest BCUT2D eigenvalue weighted by molar-refractivity contribution is 6.33. The Bertz CT molecular complexity index is 568. The summed E-state index contributed by atoms with van der Waals surface area (Å²) < 4.78 is 0. The minimum Gasteiger partial charge on any atom is -0.378 e. The quantitative estimate of drug-likeness (QED) is 0.875. The molecule has 0 saturated heterocycles. The van der Waals surface area contributed by atoms with Gasteiger partial charge in [-0.3, -0.25) is 0 Å². The lowest BCUT2D eigenvalue weighted by molar-refractivity contribution is 1.05. The standard InChI is InChI=1S/C12H11ClN4/c1-8-15-6-10(17-8)7-16-12-3-2-9(5-14)4-11(12)13/h2-4,6,16H,7H2,1H3,(H,15,17). The maximum absolute atomic E-state index is 8.72. The summed E-state index contributed by atoms with van der Waals surface area (Å²) in [5, 5.41) is 12.4. The van der Waals surface area contributed by atoms with Gasteiger partial charge in [0.2, 0.25) is 0 Å². The summed E-state index contributed by atoms with van der Waals surface area (Å²) >= 11 is 6.04. The van der Waals surface area contributed by atoms with Gasteiger partial charge < -0.3 is 10.3 Å². The van der Waals surface area contributed by atoms with Crippen molar-refractivity contribution in [2.24, 2.45) is 0 Å². The van der Waals surface area contributed by atoms with Crippen LogP contribution in [-0.4, -0.2) is 9.97 Å². The van der Waals surface area contributed by atoms with Gasteiger partial charge >= 0.3 is 0 Å². The zero-order valence-corrected chi connectivity index (χ0v) is 10.0. The van der Waals surface area contributed by atoms with E-state index in [9.17, 15) is 0 Å². The molecule has 0 aliphatic rings. The van der Waals surface area contributed by atoms with Gasteiger partial charge in [0, 0.05) is 0 Å². The number of aromatic nitrogens is 2. The van der Waals surface area contributed by atoms with Crippen LogP contribution in [0, 0.1) is 18.3 Å². The lowest BCUT2D eigenvalue weighted by Gasteiger charge is -2.07. The van der Waals surface area contributed by atoms with Crippen LogP contribution in [-0.2, 0) is 6.54 Å². The van der Waals surface area contributed by atoms with Gasteiger partial charge in [-0.1, -0.05) is 11.6 Å². The Labute approximate surface area is 104 Å². The molecule has 0 aliphatic carbocycles. The number of hydrogen-bond acceptors (Lipinski definition) is 3. The average molecular weight is 247 g/mol. The molecule has 0 bridgehead atoms. The van der Waals surface area contributed by atoms with Gasteiger partial charge in [0.15, 0.2) is 0 Å². The fraction of sp³-hybridized carbons (Fsp3) is 0.167. The number of anilines is 1. The van der Waals surface area contributed by atoms with Gasteiger partial charge in [-0.05, 0) is 25.1 Å². The van der Waals surface area contributed by atoms with Crippen LogP contribution in [0.25, 0.3) is 0 Å². The molecule has 5 heteroatoms. The largest absolute Gasteiger partial charge is 0.378 e. The predicted octanol–water partition coefficient (Wildman–Crippen LogP) is 2.86. The molecule has 0 amide bonds. The van der Waals surface area contributed by atoms with E-state index in [0.717, 1.165) is 17.2 Å². The monoisotopic (exact) mass is 246 g/mol. The Morgan fingerprint density at radius 3 is 2.94 bits per heavy atom. The summed E-state index contributed by atoms with van der Waals surface area (Å²) in [6.45, 7) is 2.52. The molecule has 0 unspecified atom stereocenters. The Morgan fingerprint density at radius 1 is 1.53 bits per heavy atom. The Hall–Kier alpha value is -1.99. The van der Waals surface area contributed by atoms with Gasteiger partial charge in [0.25, 0.3) is 0 Å². The van der Waals surface area contributed by atoms with Crippen LogP contribution in [0.15, 0.2) is 24.4 Å². The highest BCUT2D eigenvalue weighted by atomic mass is 35.5. The summed E-state index contributed by atoms with van der Waals surface area (Å²) in [5.41, 5.74) is 2.35. The maximum Gasteiger partial charge on any atom is 0.103 e. The molecular formula is C12H11ClN4. The number of hydrogen-bond donors (Lipinski definition) is 2. The molecule has 86 valence electrons. The first kappa shape index (κ1) is 11.5. The molecule has 0 aliphatic heterocycles. The van der Waals surface area contributed by atoms with Crippen molar-refractivity contribution in [2.75, 3.05) is 5.32 Å². The molecule has 0 radical (unpaired) electrons. The number of H-pyrrole nitrogens is 1. The first-order chi connectivity index (χ1) is 8.19. The second-order valence-electron chi connectivity index (χ2n) is 3.65. The van der Waals surface area contributed by atoms with Crippen molar-refractivity contribution in [2.45, 2.75) is 13.5 Å². The van der Waals surface area contributed by atoms with Crippen LogP contribution in [0.4, 0.5) is 5.69 Å². The van der Waals surface area contributed by atoms with E-state index in [1.807, 2.05) is 13.0 Å². The van der Waals surface area contributed by atoms with Gasteiger partial charge in [0.05, 0.1) is 40.8 Å². The Balaban J connectivity index is 2.07. The van der Waals surface area contributed by atoms with Crippen molar-refractivity contribution in [1.29, 1.82) is 5.26 Å². The molecule has 1 heterocycles. The topological polar surface area (TPSA) is 64.5 Å². The van der Waals surface area contributed by atoms with Crippen LogP contribution in [0.1, 0.15) is 17.1 Å². The van der Waals surface area contributed by atoms with Crippen molar-refractivity contribution in [3.63, 3.8) is 0 Å². The van der Waals surface area contributed by atoms with E-state index < -0.39 is 0 Å².